The molecular weight excluding hydrogens is 266 g/mol. The van der Waals surface area contributed by atoms with Gasteiger partial charge in [0.1, 0.15) is 0 Å². The number of hydrogen-bond donors (Lipinski definition) is 0. The van der Waals surface area contributed by atoms with Gasteiger partial charge in [-0.15, -0.1) is 8.13 Å². The summed E-state index contributed by atoms with van der Waals surface area (Å²) in [5, 5.41) is 2.53. The molecule has 1 heterocycles. The van der Waals surface area contributed by atoms with E-state index in [0.29, 0.717) is 10.7 Å². The lowest BCUT2D eigenvalue weighted by Crippen LogP contribution is -1.97. The van der Waals surface area contributed by atoms with Gasteiger partial charge in [0, 0.05) is 5.56 Å². The Morgan fingerprint density at radius 1 is 1.11 bits per heavy atom. The molecule has 88 valence electrons. The van der Waals surface area contributed by atoms with Crippen LogP contribution in [0, 0.1) is 0 Å². The van der Waals surface area contributed by atoms with Gasteiger partial charge >= 0.3 is 0 Å². The van der Waals surface area contributed by atoms with Gasteiger partial charge in [-0.2, -0.15) is 4.99 Å². The van der Waals surface area contributed by atoms with Gasteiger partial charge in [-0.05, 0) is 22.9 Å². The molecule has 0 N–H and O–H groups in total. The van der Waals surface area contributed by atoms with Crippen molar-refractivity contribution in [2.24, 2.45) is 13.1 Å². The molecule has 0 spiro atoms. The van der Waals surface area contributed by atoms with E-state index < -0.39 is 0 Å². The Labute approximate surface area is 111 Å². The van der Waals surface area contributed by atoms with Crippen molar-refractivity contribution < 1.29 is 4.79 Å². The number of amidine groups is 1. The van der Waals surface area contributed by atoms with E-state index in [1.807, 2.05) is 36.4 Å². The van der Waals surface area contributed by atoms with Crippen LogP contribution in [-0.4, -0.2) is 11.1 Å². The quantitative estimate of drug-likeness (QED) is 0.747. The van der Waals surface area contributed by atoms with Crippen LogP contribution in [0.25, 0.3) is 10.8 Å². The molecule has 18 heavy (non-hydrogen) atoms. The van der Waals surface area contributed by atoms with E-state index in [-0.39, 0.29) is 5.91 Å². The predicted molar refractivity (Wildman–Crippen MR) is 75.5 cm³/mol. The molecule has 0 saturated heterocycles. The van der Waals surface area contributed by atoms with Crippen molar-refractivity contribution in [3.63, 3.8) is 0 Å². The first-order valence-corrected chi connectivity index (χ1v) is 6.70. The average Bonchev–Trinajstić information content (AvgIpc) is 2.91. The molecule has 0 unspecified atom stereocenters. The van der Waals surface area contributed by atoms with E-state index in [1.165, 1.54) is 0 Å². The van der Waals surface area contributed by atoms with Crippen molar-refractivity contribution in [3.05, 3.63) is 48.0 Å². The Morgan fingerprint density at radius 3 is 2.72 bits per heavy atom. The van der Waals surface area contributed by atoms with Gasteiger partial charge in [-0.25, -0.2) is 0 Å². The molecule has 0 saturated carbocycles. The maximum atomic E-state index is 11.9. The Balaban J connectivity index is 1.97. The van der Waals surface area contributed by atoms with Gasteiger partial charge in [0.25, 0.3) is 5.91 Å². The first kappa shape index (κ1) is 11.3. The second-order valence-electron chi connectivity index (χ2n) is 3.60. The smallest absolute Gasteiger partial charge is 0.267 e. The maximum absolute atomic E-state index is 11.9. The van der Waals surface area contributed by atoms with E-state index in [2.05, 4.69) is 13.1 Å². The first-order valence-electron chi connectivity index (χ1n) is 5.19. The number of nitrogens with zero attached hydrogens (tertiary/aromatic N) is 3. The molecule has 2 aromatic carbocycles. The summed E-state index contributed by atoms with van der Waals surface area (Å²) in [4.78, 5) is 15.8. The molecule has 1 aliphatic rings. The largest absolute Gasteiger partial charge is 0.279 e. The van der Waals surface area contributed by atoms with Crippen LogP contribution in [0.15, 0.2) is 55.6 Å². The first-order chi connectivity index (χ1) is 8.83. The van der Waals surface area contributed by atoms with Crippen molar-refractivity contribution in [1.29, 1.82) is 0 Å². The van der Waals surface area contributed by atoms with Crippen molar-refractivity contribution in [1.82, 2.24) is 0 Å². The lowest BCUT2D eigenvalue weighted by molar-refractivity contribution is 0.100. The van der Waals surface area contributed by atoms with Gasteiger partial charge in [0.05, 0.1) is 23.3 Å². The monoisotopic (exact) mass is 273 g/mol. The van der Waals surface area contributed by atoms with Crippen LogP contribution in [0.5, 0.6) is 0 Å². The normalized spacial score (nSPS) is 16.1. The minimum atomic E-state index is -0.287. The van der Waals surface area contributed by atoms with E-state index in [0.717, 1.165) is 34.1 Å². The Morgan fingerprint density at radius 2 is 1.94 bits per heavy atom. The highest BCUT2D eigenvalue weighted by Crippen LogP contribution is 2.18. The number of benzene rings is 2. The molecule has 0 aliphatic carbocycles. The van der Waals surface area contributed by atoms with E-state index in [9.17, 15) is 4.79 Å². The topological polar surface area (TPSA) is 54.1 Å². The zero-order valence-corrected chi connectivity index (χ0v) is 10.7. The van der Waals surface area contributed by atoms with E-state index in [1.54, 1.807) is 6.07 Å². The molecule has 0 fully saturated rings. The number of aliphatic imine (C=N–C) groups is 1. The van der Waals surface area contributed by atoms with Crippen molar-refractivity contribution >= 4 is 45.1 Å². The zero-order chi connectivity index (χ0) is 12.4. The van der Waals surface area contributed by atoms with Gasteiger partial charge in [-0.1, -0.05) is 30.3 Å². The minimum Gasteiger partial charge on any atom is -0.267 e. The van der Waals surface area contributed by atoms with Gasteiger partial charge in [-0.3, -0.25) is 4.79 Å². The molecule has 1 amide bonds. The maximum Gasteiger partial charge on any atom is 0.279 e. The van der Waals surface area contributed by atoms with Crippen LogP contribution in [0.1, 0.15) is 10.4 Å². The minimum absolute atomic E-state index is 0.287. The number of hydrogen-bond acceptors (Lipinski definition) is 3. The standard InChI is InChI=1S/C12H7N3OS2/c16-11(13-12-14-18-15-17-12)10-6-5-8-3-1-2-4-9(8)7-10/h1-7H. The fourth-order valence-electron chi connectivity index (χ4n) is 1.63. The summed E-state index contributed by atoms with van der Waals surface area (Å²) in [6.45, 7) is 0. The predicted octanol–water partition coefficient (Wildman–Crippen LogP) is 3.45. The average molecular weight is 273 g/mol. The summed E-state index contributed by atoms with van der Waals surface area (Å²) in [5.74, 6) is -0.287. The summed E-state index contributed by atoms with van der Waals surface area (Å²) < 4.78 is 7.75. The molecule has 4 nitrogen and oxygen atoms in total. The fraction of sp³-hybridized carbons (Fsp3) is 0. The molecule has 2 aromatic rings. The summed E-state index contributed by atoms with van der Waals surface area (Å²) in [6.07, 6.45) is 0. The number of fused-ring (bicyclic) bond motifs is 1. The molecule has 6 heteroatoms. The van der Waals surface area contributed by atoms with Crippen molar-refractivity contribution in [2.75, 3.05) is 0 Å². The molecule has 3 rings (SSSR count). The van der Waals surface area contributed by atoms with Gasteiger partial charge in [0.2, 0.25) is 5.17 Å². The van der Waals surface area contributed by atoms with Crippen LogP contribution < -0.4 is 0 Å². The Kier molecular flexibility index (Phi) is 3.04. The summed E-state index contributed by atoms with van der Waals surface area (Å²) in [6, 6.07) is 13.4. The third-order valence-corrected chi connectivity index (χ3v) is 3.75. The molecule has 0 atom stereocenters. The van der Waals surface area contributed by atoms with E-state index >= 15 is 0 Å². The number of rotatable bonds is 1. The molecule has 0 radical (unpaired) electrons. The zero-order valence-electron chi connectivity index (χ0n) is 9.11. The van der Waals surface area contributed by atoms with E-state index in [4.69, 9.17) is 0 Å². The molecule has 0 aromatic heterocycles. The van der Waals surface area contributed by atoms with Crippen LogP contribution >= 0.6 is 11.9 Å². The van der Waals surface area contributed by atoms with Crippen LogP contribution in [0.3, 0.4) is 0 Å². The lowest BCUT2D eigenvalue weighted by atomic mass is 10.1. The molecule has 1 aliphatic heterocycles. The highest BCUT2D eigenvalue weighted by atomic mass is 32.2. The summed E-state index contributed by atoms with van der Waals surface area (Å²) in [5.41, 5.74) is 0.564. The van der Waals surface area contributed by atoms with Crippen LogP contribution in [0.2, 0.25) is 0 Å². The second-order valence-corrected chi connectivity index (χ2v) is 5.09. The number of amides is 1. The lowest BCUT2D eigenvalue weighted by Gasteiger charge is -1.99. The fourth-order valence-corrected chi connectivity index (χ4v) is 2.63. The van der Waals surface area contributed by atoms with Crippen molar-refractivity contribution in [3.8, 4) is 0 Å². The SMILES string of the molecule is O=C(N=C1N=S=NS1)c1ccc2ccccc2c1. The second kappa shape index (κ2) is 4.83. The summed E-state index contributed by atoms with van der Waals surface area (Å²) >= 11 is 2.17. The number of carbonyl (C=O) groups excluding carboxylic acids is 1. The molecule has 0 bridgehead atoms. The van der Waals surface area contributed by atoms with Crippen LogP contribution in [-0.2, 0) is 11.4 Å². The third-order valence-electron chi connectivity index (χ3n) is 2.46. The van der Waals surface area contributed by atoms with Crippen LogP contribution in [0.4, 0.5) is 0 Å². The highest BCUT2D eigenvalue weighted by molar-refractivity contribution is 8.16. The third kappa shape index (κ3) is 2.25. The number of carbonyl (C=O) groups is 1. The Hall–Kier alpha value is -1.79. The Bertz CT molecular complexity index is 733. The van der Waals surface area contributed by atoms with Crippen molar-refractivity contribution in [2.45, 2.75) is 0 Å². The molecular formula is C12H7N3OS2. The van der Waals surface area contributed by atoms with Gasteiger partial charge < -0.3 is 0 Å². The highest BCUT2D eigenvalue weighted by Gasteiger charge is 2.09. The summed E-state index contributed by atoms with van der Waals surface area (Å²) in [7, 11) is 0. The van der Waals surface area contributed by atoms with Gasteiger partial charge in [0.15, 0.2) is 0 Å².